The third kappa shape index (κ3) is 2.20. The van der Waals surface area contributed by atoms with Crippen LogP contribution in [0.25, 0.3) is 0 Å². The summed E-state index contributed by atoms with van der Waals surface area (Å²) in [5.41, 5.74) is 2.09. The van der Waals surface area contributed by atoms with Crippen LogP contribution in [0, 0.1) is 0 Å². The lowest BCUT2D eigenvalue weighted by molar-refractivity contribution is 0.423. The standard InChI is InChI=1S/C18H20O2S/c1-17(2)12-18(3,13-8-10-14(19)11-9-13)15-6-4-5-7-16(15)21(17)20/h4-11,19H,12H2,1-3H3/t18-,21-/m1/s1. The number of rotatable bonds is 1. The molecule has 0 aromatic heterocycles. The summed E-state index contributed by atoms with van der Waals surface area (Å²) in [6.07, 6.45) is 0.814. The van der Waals surface area contributed by atoms with Gasteiger partial charge in [0, 0.05) is 15.1 Å². The number of phenolic OH excluding ortho intramolecular Hbond substituents is 1. The molecule has 0 saturated heterocycles. The minimum atomic E-state index is -1.000. The van der Waals surface area contributed by atoms with Gasteiger partial charge in [0.1, 0.15) is 5.75 Å². The molecule has 0 aliphatic carbocycles. The zero-order chi connectivity index (χ0) is 15.3. The van der Waals surface area contributed by atoms with Crippen molar-refractivity contribution in [1.82, 2.24) is 0 Å². The van der Waals surface area contributed by atoms with Gasteiger partial charge in [-0.05, 0) is 49.6 Å². The van der Waals surface area contributed by atoms with Gasteiger partial charge in [-0.15, -0.1) is 0 Å². The Labute approximate surface area is 128 Å². The van der Waals surface area contributed by atoms with E-state index >= 15 is 0 Å². The van der Waals surface area contributed by atoms with Crippen LogP contribution >= 0.6 is 0 Å². The molecule has 0 spiro atoms. The molecule has 0 fully saturated rings. The van der Waals surface area contributed by atoms with Gasteiger partial charge in [0.05, 0.1) is 10.8 Å². The fraction of sp³-hybridized carbons (Fsp3) is 0.333. The summed E-state index contributed by atoms with van der Waals surface area (Å²) < 4.78 is 12.5. The first-order valence-corrected chi connectivity index (χ1v) is 8.30. The molecule has 110 valence electrons. The van der Waals surface area contributed by atoms with Gasteiger partial charge in [-0.2, -0.15) is 0 Å². The molecular formula is C18H20O2S. The second-order valence-electron chi connectivity index (χ2n) is 6.58. The smallest absolute Gasteiger partial charge is 0.115 e. The van der Waals surface area contributed by atoms with Crippen LogP contribution in [0.2, 0.25) is 0 Å². The largest absolute Gasteiger partial charge is 0.508 e. The van der Waals surface area contributed by atoms with E-state index in [1.54, 1.807) is 12.1 Å². The zero-order valence-electron chi connectivity index (χ0n) is 12.6. The van der Waals surface area contributed by atoms with E-state index in [9.17, 15) is 9.32 Å². The highest BCUT2D eigenvalue weighted by atomic mass is 32.2. The van der Waals surface area contributed by atoms with Crippen molar-refractivity contribution in [2.24, 2.45) is 0 Å². The first-order valence-electron chi connectivity index (χ1n) is 7.15. The Morgan fingerprint density at radius 1 is 1.00 bits per heavy atom. The SMILES string of the molecule is CC1(C)C[C@](C)(c2ccc(O)cc2)c2ccccc2[S@]1=O. The Balaban J connectivity index is 2.24. The van der Waals surface area contributed by atoms with Gasteiger partial charge < -0.3 is 5.11 Å². The lowest BCUT2D eigenvalue weighted by Gasteiger charge is -2.43. The Morgan fingerprint density at radius 2 is 1.62 bits per heavy atom. The molecule has 3 rings (SSSR count). The number of hydrogen-bond acceptors (Lipinski definition) is 2. The maximum atomic E-state index is 12.8. The summed E-state index contributed by atoms with van der Waals surface area (Å²) in [6.45, 7) is 6.34. The number of aromatic hydroxyl groups is 1. The molecule has 2 atom stereocenters. The van der Waals surface area contributed by atoms with E-state index in [1.165, 1.54) is 0 Å². The fourth-order valence-corrected chi connectivity index (χ4v) is 5.19. The van der Waals surface area contributed by atoms with Crippen LogP contribution in [0.15, 0.2) is 53.4 Å². The van der Waals surface area contributed by atoms with Crippen molar-refractivity contribution < 1.29 is 9.32 Å². The summed E-state index contributed by atoms with van der Waals surface area (Å²) in [6, 6.07) is 15.4. The molecule has 0 saturated carbocycles. The van der Waals surface area contributed by atoms with Crippen molar-refractivity contribution in [3.8, 4) is 5.75 Å². The number of fused-ring (bicyclic) bond motifs is 1. The molecule has 1 heterocycles. The molecule has 3 heteroatoms. The second-order valence-corrected chi connectivity index (χ2v) is 8.66. The van der Waals surface area contributed by atoms with Gasteiger partial charge in [0.2, 0.25) is 0 Å². The quantitative estimate of drug-likeness (QED) is 0.864. The van der Waals surface area contributed by atoms with Crippen LogP contribution in [0.1, 0.15) is 38.3 Å². The summed E-state index contributed by atoms with van der Waals surface area (Å²) >= 11 is 0. The highest BCUT2D eigenvalue weighted by molar-refractivity contribution is 7.86. The molecule has 0 unspecified atom stereocenters. The first-order chi connectivity index (χ1) is 9.84. The van der Waals surface area contributed by atoms with E-state index in [0.29, 0.717) is 0 Å². The van der Waals surface area contributed by atoms with Crippen LogP contribution < -0.4 is 0 Å². The minimum absolute atomic E-state index is 0.193. The predicted molar refractivity (Wildman–Crippen MR) is 86.1 cm³/mol. The van der Waals surface area contributed by atoms with Crippen molar-refractivity contribution in [3.05, 3.63) is 59.7 Å². The molecule has 0 bridgehead atoms. The first kappa shape index (κ1) is 14.3. The van der Waals surface area contributed by atoms with Gasteiger partial charge in [0.25, 0.3) is 0 Å². The molecule has 0 amide bonds. The Bertz CT molecular complexity index is 703. The molecular weight excluding hydrogens is 280 g/mol. The summed E-state index contributed by atoms with van der Waals surface area (Å²) in [4.78, 5) is 0.935. The van der Waals surface area contributed by atoms with Crippen LogP contribution in [0.4, 0.5) is 0 Å². The van der Waals surface area contributed by atoms with Gasteiger partial charge in [-0.1, -0.05) is 37.3 Å². The van der Waals surface area contributed by atoms with Crippen molar-refractivity contribution in [2.45, 2.75) is 42.2 Å². The van der Waals surface area contributed by atoms with Crippen molar-refractivity contribution in [3.63, 3.8) is 0 Å². The molecule has 2 nitrogen and oxygen atoms in total. The second kappa shape index (κ2) is 4.70. The molecule has 2 aromatic rings. The van der Waals surface area contributed by atoms with Crippen molar-refractivity contribution in [2.75, 3.05) is 0 Å². The lowest BCUT2D eigenvalue weighted by atomic mass is 9.70. The highest BCUT2D eigenvalue weighted by Crippen LogP contribution is 2.48. The van der Waals surface area contributed by atoms with E-state index in [1.807, 2.05) is 30.3 Å². The zero-order valence-corrected chi connectivity index (χ0v) is 13.4. The third-order valence-electron chi connectivity index (χ3n) is 4.47. The minimum Gasteiger partial charge on any atom is -0.508 e. The van der Waals surface area contributed by atoms with Gasteiger partial charge in [-0.25, -0.2) is 0 Å². The maximum Gasteiger partial charge on any atom is 0.115 e. The molecule has 21 heavy (non-hydrogen) atoms. The summed E-state index contributed by atoms with van der Waals surface area (Å²) in [5, 5.41) is 9.53. The number of benzene rings is 2. The third-order valence-corrected chi connectivity index (χ3v) is 6.37. The Kier molecular flexibility index (Phi) is 3.21. The Hall–Kier alpha value is -1.61. The van der Waals surface area contributed by atoms with Crippen molar-refractivity contribution in [1.29, 1.82) is 0 Å². The predicted octanol–water partition coefficient (Wildman–Crippen LogP) is 3.99. The van der Waals surface area contributed by atoms with Crippen LogP contribution in [0.5, 0.6) is 5.75 Å². The monoisotopic (exact) mass is 300 g/mol. The van der Waals surface area contributed by atoms with E-state index < -0.39 is 10.8 Å². The summed E-state index contributed by atoms with van der Waals surface area (Å²) in [5.74, 6) is 0.272. The Morgan fingerprint density at radius 3 is 2.29 bits per heavy atom. The van der Waals surface area contributed by atoms with Crippen LogP contribution in [-0.4, -0.2) is 14.1 Å². The normalized spacial score (nSPS) is 27.1. The molecule has 1 N–H and O–H groups in total. The van der Waals surface area contributed by atoms with Crippen LogP contribution in [0.3, 0.4) is 0 Å². The molecule has 1 aliphatic heterocycles. The van der Waals surface area contributed by atoms with E-state index in [-0.39, 0.29) is 15.9 Å². The van der Waals surface area contributed by atoms with Gasteiger partial charge >= 0.3 is 0 Å². The molecule has 0 radical (unpaired) electrons. The number of hydrogen-bond donors (Lipinski definition) is 1. The molecule has 2 aromatic carbocycles. The van der Waals surface area contributed by atoms with E-state index in [0.717, 1.165) is 22.4 Å². The van der Waals surface area contributed by atoms with E-state index in [2.05, 4.69) is 26.8 Å². The van der Waals surface area contributed by atoms with Gasteiger partial charge in [0.15, 0.2) is 0 Å². The average Bonchev–Trinajstić information content (AvgIpc) is 2.45. The van der Waals surface area contributed by atoms with Crippen LogP contribution in [-0.2, 0) is 16.2 Å². The fourth-order valence-electron chi connectivity index (χ4n) is 3.48. The lowest BCUT2D eigenvalue weighted by Crippen LogP contribution is -2.43. The topological polar surface area (TPSA) is 37.3 Å². The molecule has 1 aliphatic rings. The number of phenols is 1. The highest BCUT2D eigenvalue weighted by Gasteiger charge is 2.45. The van der Waals surface area contributed by atoms with E-state index in [4.69, 9.17) is 0 Å². The van der Waals surface area contributed by atoms with Gasteiger partial charge in [-0.3, -0.25) is 4.21 Å². The summed E-state index contributed by atoms with van der Waals surface area (Å²) in [7, 11) is -1.000. The maximum absolute atomic E-state index is 12.8. The van der Waals surface area contributed by atoms with Crippen molar-refractivity contribution >= 4 is 10.8 Å². The average molecular weight is 300 g/mol.